The number of fused-ring (bicyclic) bond motifs is 1. The van der Waals surface area contributed by atoms with E-state index in [1.807, 2.05) is 0 Å². The van der Waals surface area contributed by atoms with Gasteiger partial charge in [-0.05, 0) is 38.0 Å². The fourth-order valence-electron chi connectivity index (χ4n) is 4.23. The lowest BCUT2D eigenvalue weighted by Crippen LogP contribution is -2.50. The molecule has 0 fully saturated rings. The number of allylic oxidation sites excluding steroid dienone is 2. The van der Waals surface area contributed by atoms with Crippen molar-refractivity contribution in [2.75, 3.05) is 13.1 Å². The second kappa shape index (κ2) is 7.99. The third-order valence-electron chi connectivity index (χ3n) is 5.56. The lowest BCUT2D eigenvalue weighted by atomic mass is 9.58. The van der Waals surface area contributed by atoms with Gasteiger partial charge in [0.15, 0.2) is 5.41 Å². The SMILES string of the molecule is CC(C)(C)OC(=O)N1CC=C2C(C#N)=C(N)C(C#N)(C#N)C(c3ccccc3Cl)C2C1. The lowest BCUT2D eigenvalue weighted by Gasteiger charge is -2.45. The molecule has 7 nitrogen and oxygen atoms in total. The van der Waals surface area contributed by atoms with Crippen LogP contribution in [0, 0.1) is 45.3 Å². The summed E-state index contributed by atoms with van der Waals surface area (Å²) in [6.45, 7) is 5.70. The fourth-order valence-corrected chi connectivity index (χ4v) is 4.48. The number of nitrogens with two attached hydrogens (primary N) is 1. The minimum atomic E-state index is -1.81. The van der Waals surface area contributed by atoms with E-state index in [9.17, 15) is 20.6 Å². The molecule has 0 aromatic heterocycles. The van der Waals surface area contributed by atoms with Crippen LogP contribution in [0.3, 0.4) is 0 Å². The Kier molecular flexibility index (Phi) is 5.72. The van der Waals surface area contributed by atoms with E-state index in [-0.39, 0.29) is 24.4 Å². The number of hydrogen-bond acceptors (Lipinski definition) is 6. The van der Waals surface area contributed by atoms with Crippen LogP contribution in [0.4, 0.5) is 4.79 Å². The Hall–Kier alpha value is -3.47. The maximum Gasteiger partial charge on any atom is 0.410 e. The number of rotatable bonds is 1. The predicted octanol–water partition coefficient (Wildman–Crippen LogP) is 4.00. The fraction of sp³-hybridized carbons (Fsp3) is 0.391. The van der Waals surface area contributed by atoms with Crippen molar-refractivity contribution in [3.05, 3.63) is 57.8 Å². The summed E-state index contributed by atoms with van der Waals surface area (Å²) in [5, 5.41) is 30.4. The number of nitriles is 3. The van der Waals surface area contributed by atoms with Gasteiger partial charge in [0.05, 0.1) is 23.4 Å². The van der Waals surface area contributed by atoms with Gasteiger partial charge in [0, 0.05) is 29.9 Å². The topological polar surface area (TPSA) is 127 Å². The van der Waals surface area contributed by atoms with Gasteiger partial charge < -0.3 is 15.4 Å². The van der Waals surface area contributed by atoms with E-state index in [4.69, 9.17) is 22.1 Å². The normalized spacial score (nSPS) is 22.4. The Morgan fingerprint density at radius 1 is 1.26 bits per heavy atom. The smallest absolute Gasteiger partial charge is 0.410 e. The molecule has 1 aromatic carbocycles. The first-order chi connectivity index (χ1) is 14.6. The lowest BCUT2D eigenvalue weighted by molar-refractivity contribution is 0.0225. The van der Waals surface area contributed by atoms with Gasteiger partial charge in [-0.15, -0.1) is 0 Å². The van der Waals surface area contributed by atoms with Crippen molar-refractivity contribution in [1.82, 2.24) is 4.90 Å². The first-order valence-corrected chi connectivity index (χ1v) is 10.1. The number of halogens is 1. The highest BCUT2D eigenvalue weighted by Gasteiger charge is 2.55. The first kappa shape index (κ1) is 22.2. The summed E-state index contributed by atoms with van der Waals surface area (Å²) in [7, 11) is 0. The molecule has 0 radical (unpaired) electrons. The van der Waals surface area contributed by atoms with Crippen molar-refractivity contribution < 1.29 is 9.53 Å². The molecule has 2 N–H and O–H groups in total. The molecular formula is C23H22ClN5O2. The second-order valence-corrected chi connectivity index (χ2v) is 8.99. The molecule has 0 bridgehead atoms. The van der Waals surface area contributed by atoms with E-state index in [0.717, 1.165) is 0 Å². The number of ether oxygens (including phenoxy) is 1. The zero-order valence-corrected chi connectivity index (χ0v) is 18.3. The van der Waals surface area contributed by atoms with Gasteiger partial charge in [-0.25, -0.2) is 4.79 Å². The molecule has 8 heteroatoms. The minimum absolute atomic E-state index is 0.0851. The van der Waals surface area contributed by atoms with Crippen molar-refractivity contribution in [3.63, 3.8) is 0 Å². The maximum atomic E-state index is 12.7. The number of carbonyl (C=O) groups excluding carboxylic acids is 1. The summed E-state index contributed by atoms with van der Waals surface area (Å²) in [6.07, 6.45) is 1.23. The molecule has 0 saturated carbocycles. The standard InChI is InChI=1S/C23H22ClN5O2/c1-22(2,3)31-21(30)29-9-8-14-16(10-25)20(28)23(12-26,13-27)19(17(14)11-29)15-6-4-5-7-18(15)24/h4-8,17,19H,9,11,28H2,1-3H3. The number of hydrogen-bond donors (Lipinski definition) is 1. The molecule has 1 aromatic rings. The van der Waals surface area contributed by atoms with Crippen molar-refractivity contribution in [3.8, 4) is 18.2 Å². The number of amides is 1. The van der Waals surface area contributed by atoms with E-state index in [2.05, 4.69) is 18.2 Å². The molecule has 0 saturated heterocycles. The molecule has 1 aliphatic carbocycles. The van der Waals surface area contributed by atoms with E-state index in [1.54, 1.807) is 51.1 Å². The summed E-state index contributed by atoms with van der Waals surface area (Å²) >= 11 is 6.47. The van der Waals surface area contributed by atoms with Gasteiger partial charge in [-0.2, -0.15) is 15.8 Å². The van der Waals surface area contributed by atoms with Crippen LogP contribution in [0.15, 0.2) is 47.2 Å². The highest BCUT2D eigenvalue weighted by molar-refractivity contribution is 6.31. The Labute approximate surface area is 186 Å². The Morgan fingerprint density at radius 2 is 1.90 bits per heavy atom. The predicted molar refractivity (Wildman–Crippen MR) is 114 cm³/mol. The molecule has 1 amide bonds. The van der Waals surface area contributed by atoms with Gasteiger partial charge in [0.1, 0.15) is 11.7 Å². The zero-order chi connectivity index (χ0) is 23.0. The van der Waals surface area contributed by atoms with Crippen LogP contribution >= 0.6 is 11.6 Å². The molecule has 2 aliphatic rings. The van der Waals surface area contributed by atoms with Crippen LogP contribution in [-0.2, 0) is 4.74 Å². The van der Waals surface area contributed by atoms with E-state index in [0.29, 0.717) is 16.2 Å². The van der Waals surface area contributed by atoms with Crippen LogP contribution in [0.5, 0.6) is 0 Å². The average molecular weight is 436 g/mol. The van der Waals surface area contributed by atoms with Crippen LogP contribution in [0.1, 0.15) is 32.3 Å². The molecule has 1 aliphatic heterocycles. The van der Waals surface area contributed by atoms with Crippen molar-refractivity contribution in [2.45, 2.75) is 32.3 Å². The second-order valence-electron chi connectivity index (χ2n) is 8.58. The molecule has 1 heterocycles. The zero-order valence-electron chi connectivity index (χ0n) is 17.5. The van der Waals surface area contributed by atoms with Crippen molar-refractivity contribution >= 4 is 17.7 Å². The molecule has 158 valence electrons. The first-order valence-electron chi connectivity index (χ1n) is 9.75. The number of carbonyl (C=O) groups is 1. The van der Waals surface area contributed by atoms with Crippen molar-refractivity contribution in [1.29, 1.82) is 15.8 Å². The summed E-state index contributed by atoms with van der Waals surface area (Å²) in [4.78, 5) is 14.2. The summed E-state index contributed by atoms with van der Waals surface area (Å²) in [5.74, 6) is -1.31. The van der Waals surface area contributed by atoms with Crippen LogP contribution in [0.25, 0.3) is 0 Å². The largest absolute Gasteiger partial charge is 0.444 e. The van der Waals surface area contributed by atoms with E-state index < -0.39 is 28.9 Å². The highest BCUT2D eigenvalue weighted by atomic mass is 35.5. The summed E-state index contributed by atoms with van der Waals surface area (Å²) in [6, 6.07) is 13.1. The van der Waals surface area contributed by atoms with Gasteiger partial charge in [0.25, 0.3) is 0 Å². The quantitative estimate of drug-likeness (QED) is 0.710. The van der Waals surface area contributed by atoms with Crippen LogP contribution < -0.4 is 5.73 Å². The van der Waals surface area contributed by atoms with Gasteiger partial charge in [-0.3, -0.25) is 0 Å². The Bertz CT molecular complexity index is 1100. The third-order valence-corrected chi connectivity index (χ3v) is 5.90. The molecule has 3 rings (SSSR count). The van der Waals surface area contributed by atoms with Gasteiger partial charge in [-0.1, -0.05) is 35.9 Å². The monoisotopic (exact) mass is 435 g/mol. The van der Waals surface area contributed by atoms with E-state index in [1.165, 1.54) is 4.90 Å². The maximum absolute atomic E-state index is 12.7. The van der Waals surface area contributed by atoms with Gasteiger partial charge in [0.2, 0.25) is 0 Å². The van der Waals surface area contributed by atoms with Crippen LogP contribution in [-0.4, -0.2) is 29.7 Å². The average Bonchev–Trinajstić information content (AvgIpc) is 2.72. The molecule has 2 unspecified atom stereocenters. The third kappa shape index (κ3) is 3.72. The Morgan fingerprint density at radius 3 is 2.45 bits per heavy atom. The van der Waals surface area contributed by atoms with Crippen molar-refractivity contribution in [2.24, 2.45) is 17.1 Å². The van der Waals surface area contributed by atoms with E-state index >= 15 is 0 Å². The number of nitrogens with zero attached hydrogens (tertiary/aromatic N) is 4. The molecule has 2 atom stereocenters. The molecule has 31 heavy (non-hydrogen) atoms. The molecular weight excluding hydrogens is 414 g/mol. The molecule has 0 spiro atoms. The van der Waals surface area contributed by atoms with Crippen LogP contribution in [0.2, 0.25) is 5.02 Å². The summed E-state index contributed by atoms with van der Waals surface area (Å²) < 4.78 is 5.50. The van der Waals surface area contributed by atoms with Gasteiger partial charge >= 0.3 is 6.09 Å². The minimum Gasteiger partial charge on any atom is -0.444 e. The Balaban J connectivity index is 2.21. The number of benzene rings is 1. The summed E-state index contributed by atoms with van der Waals surface area (Å²) in [5.41, 5.74) is 4.99. The highest BCUT2D eigenvalue weighted by Crippen LogP contribution is 2.55.